The van der Waals surface area contributed by atoms with Gasteiger partial charge in [-0.1, -0.05) is 6.42 Å². The average molecular weight is 420 g/mol. The van der Waals surface area contributed by atoms with Gasteiger partial charge in [0.25, 0.3) is 0 Å². The average Bonchev–Trinajstić information content (AvgIpc) is 2.87. The normalized spacial score (nSPS) is 15.1. The van der Waals surface area contributed by atoms with E-state index in [9.17, 15) is 4.79 Å². The molecular formula is C14H12Br2OS2. The Kier molecular flexibility index (Phi) is 4.27. The van der Waals surface area contributed by atoms with Gasteiger partial charge in [0.2, 0.25) is 5.78 Å². The van der Waals surface area contributed by atoms with Gasteiger partial charge in [0, 0.05) is 9.35 Å². The van der Waals surface area contributed by atoms with Crippen LogP contribution in [0.2, 0.25) is 0 Å². The van der Waals surface area contributed by atoms with Crippen molar-refractivity contribution in [1.29, 1.82) is 0 Å². The van der Waals surface area contributed by atoms with Crippen LogP contribution in [0.5, 0.6) is 0 Å². The number of halogens is 2. The summed E-state index contributed by atoms with van der Waals surface area (Å²) in [4.78, 5) is 15.6. The number of carbonyl (C=O) groups is 1. The topological polar surface area (TPSA) is 17.1 Å². The molecule has 0 spiro atoms. The Morgan fingerprint density at radius 2 is 1.74 bits per heavy atom. The lowest BCUT2D eigenvalue weighted by Crippen LogP contribution is -1.94. The molecule has 2 aromatic heterocycles. The van der Waals surface area contributed by atoms with Gasteiger partial charge in [0.05, 0.1) is 13.5 Å². The minimum Gasteiger partial charge on any atom is -0.287 e. The van der Waals surface area contributed by atoms with Crippen LogP contribution in [-0.4, -0.2) is 5.78 Å². The first kappa shape index (κ1) is 14.0. The van der Waals surface area contributed by atoms with Crippen LogP contribution >= 0.6 is 54.5 Å². The van der Waals surface area contributed by atoms with Gasteiger partial charge in [-0.15, -0.1) is 22.7 Å². The van der Waals surface area contributed by atoms with E-state index in [1.807, 2.05) is 6.07 Å². The van der Waals surface area contributed by atoms with E-state index in [1.54, 1.807) is 11.3 Å². The van der Waals surface area contributed by atoms with E-state index in [0.29, 0.717) is 0 Å². The molecule has 1 aliphatic rings. The zero-order chi connectivity index (χ0) is 13.4. The van der Waals surface area contributed by atoms with Crippen molar-refractivity contribution in [2.75, 3.05) is 0 Å². The number of ketones is 1. The largest absolute Gasteiger partial charge is 0.287 e. The highest BCUT2D eigenvalue weighted by molar-refractivity contribution is 9.13. The molecule has 0 N–H and O–H groups in total. The molecule has 2 heterocycles. The molecule has 0 saturated carbocycles. The first-order valence-corrected chi connectivity index (χ1v) is 9.48. The summed E-state index contributed by atoms with van der Waals surface area (Å²) in [5.41, 5.74) is 1.40. The molecule has 0 amide bonds. The van der Waals surface area contributed by atoms with E-state index in [1.165, 1.54) is 41.0 Å². The second-order valence-electron chi connectivity index (χ2n) is 4.68. The maximum atomic E-state index is 12.5. The molecule has 0 unspecified atom stereocenters. The molecule has 0 bridgehead atoms. The summed E-state index contributed by atoms with van der Waals surface area (Å²) in [6.45, 7) is 0. The third kappa shape index (κ3) is 2.89. The zero-order valence-corrected chi connectivity index (χ0v) is 15.0. The second kappa shape index (κ2) is 5.80. The van der Waals surface area contributed by atoms with Gasteiger partial charge in [-0.25, -0.2) is 0 Å². The van der Waals surface area contributed by atoms with Gasteiger partial charge in [-0.3, -0.25) is 4.79 Å². The summed E-state index contributed by atoms with van der Waals surface area (Å²) in [7, 11) is 0. The number of fused-ring (bicyclic) bond motifs is 1. The molecule has 0 radical (unpaired) electrons. The first-order chi connectivity index (χ1) is 9.15. The van der Waals surface area contributed by atoms with Crippen molar-refractivity contribution in [1.82, 2.24) is 0 Å². The molecule has 2 aromatic rings. The minimum absolute atomic E-state index is 0.162. The van der Waals surface area contributed by atoms with E-state index in [2.05, 4.69) is 37.9 Å². The number of rotatable bonds is 2. The van der Waals surface area contributed by atoms with Gasteiger partial charge in [0.1, 0.15) is 0 Å². The highest BCUT2D eigenvalue weighted by Gasteiger charge is 2.19. The van der Waals surface area contributed by atoms with Crippen molar-refractivity contribution >= 4 is 60.3 Å². The molecule has 1 aliphatic carbocycles. The standard InChI is InChI=1S/C14H12Br2OS2/c15-9-7-12(19-14(9)16)13(17)11-6-8-4-2-1-3-5-10(8)18-11/h6-7H,1-5H2. The summed E-state index contributed by atoms with van der Waals surface area (Å²) < 4.78 is 1.94. The molecule has 0 aliphatic heterocycles. The Hall–Kier alpha value is 0.0300. The van der Waals surface area contributed by atoms with E-state index < -0.39 is 0 Å². The fourth-order valence-electron chi connectivity index (χ4n) is 2.36. The van der Waals surface area contributed by atoms with Crippen LogP contribution in [0, 0.1) is 0 Å². The van der Waals surface area contributed by atoms with Crippen molar-refractivity contribution in [3.05, 3.63) is 40.6 Å². The lowest BCUT2D eigenvalue weighted by Gasteiger charge is -1.93. The van der Waals surface area contributed by atoms with E-state index in [-0.39, 0.29) is 5.78 Å². The highest BCUT2D eigenvalue weighted by atomic mass is 79.9. The quantitative estimate of drug-likeness (QED) is 0.441. The van der Waals surface area contributed by atoms with Crippen LogP contribution in [0.4, 0.5) is 0 Å². The van der Waals surface area contributed by atoms with Gasteiger partial charge < -0.3 is 0 Å². The van der Waals surface area contributed by atoms with Crippen LogP contribution in [0.3, 0.4) is 0 Å². The molecule has 19 heavy (non-hydrogen) atoms. The van der Waals surface area contributed by atoms with E-state index >= 15 is 0 Å². The Bertz CT molecular complexity index is 584. The fraction of sp³-hybridized carbons (Fsp3) is 0.357. The number of aryl methyl sites for hydroxylation is 2. The summed E-state index contributed by atoms with van der Waals surface area (Å²) in [5.74, 6) is 0.162. The first-order valence-electron chi connectivity index (χ1n) is 6.26. The molecule has 100 valence electrons. The SMILES string of the molecule is O=C(c1cc(Br)c(Br)s1)c1cc2c(s1)CCCCC2. The van der Waals surface area contributed by atoms with Gasteiger partial charge >= 0.3 is 0 Å². The minimum atomic E-state index is 0.162. The second-order valence-corrected chi connectivity index (χ2v) is 9.04. The third-order valence-electron chi connectivity index (χ3n) is 3.34. The van der Waals surface area contributed by atoms with Crippen LogP contribution in [0.25, 0.3) is 0 Å². The Labute approximate surface area is 137 Å². The Balaban J connectivity index is 1.92. The molecule has 0 saturated heterocycles. The van der Waals surface area contributed by atoms with Gasteiger partial charge in [-0.05, 0) is 75.2 Å². The molecular weight excluding hydrogens is 408 g/mol. The number of hydrogen-bond acceptors (Lipinski definition) is 3. The van der Waals surface area contributed by atoms with Gasteiger partial charge in [0.15, 0.2) is 0 Å². The van der Waals surface area contributed by atoms with Crippen LogP contribution in [0.15, 0.2) is 20.4 Å². The Morgan fingerprint density at radius 3 is 2.47 bits per heavy atom. The molecule has 3 rings (SSSR count). The Morgan fingerprint density at radius 1 is 1.00 bits per heavy atom. The highest BCUT2D eigenvalue weighted by Crippen LogP contribution is 2.36. The summed E-state index contributed by atoms with van der Waals surface area (Å²) in [6, 6.07) is 4.02. The van der Waals surface area contributed by atoms with Crippen molar-refractivity contribution in [2.45, 2.75) is 32.1 Å². The number of carbonyl (C=O) groups excluding carboxylic acids is 1. The summed E-state index contributed by atoms with van der Waals surface area (Å²) in [6.07, 6.45) is 6.11. The zero-order valence-electron chi connectivity index (χ0n) is 10.2. The van der Waals surface area contributed by atoms with E-state index in [0.717, 1.165) is 30.9 Å². The predicted molar refractivity (Wildman–Crippen MR) is 88.7 cm³/mol. The maximum Gasteiger partial charge on any atom is 0.212 e. The maximum absolute atomic E-state index is 12.5. The smallest absolute Gasteiger partial charge is 0.212 e. The molecule has 5 heteroatoms. The molecule has 0 aromatic carbocycles. The van der Waals surface area contributed by atoms with Crippen LogP contribution in [-0.2, 0) is 12.8 Å². The molecule has 0 fully saturated rings. The van der Waals surface area contributed by atoms with Crippen molar-refractivity contribution in [3.8, 4) is 0 Å². The summed E-state index contributed by atoms with van der Waals surface area (Å²) >= 11 is 10.1. The fourth-order valence-corrected chi connectivity index (χ4v) is 5.62. The monoisotopic (exact) mass is 418 g/mol. The van der Waals surface area contributed by atoms with Crippen LogP contribution in [0.1, 0.15) is 44.3 Å². The molecule has 0 atom stereocenters. The lowest BCUT2D eigenvalue weighted by molar-refractivity contribution is 0.104. The van der Waals surface area contributed by atoms with Crippen molar-refractivity contribution in [2.24, 2.45) is 0 Å². The lowest BCUT2D eigenvalue weighted by atomic mass is 10.1. The van der Waals surface area contributed by atoms with Crippen molar-refractivity contribution in [3.63, 3.8) is 0 Å². The van der Waals surface area contributed by atoms with E-state index in [4.69, 9.17) is 0 Å². The predicted octanol–water partition coefficient (Wildman–Crippen LogP) is 5.83. The molecule has 1 nitrogen and oxygen atoms in total. The summed E-state index contributed by atoms with van der Waals surface area (Å²) in [5, 5.41) is 0. The number of thiophene rings is 2. The van der Waals surface area contributed by atoms with Crippen LogP contribution < -0.4 is 0 Å². The van der Waals surface area contributed by atoms with Crippen molar-refractivity contribution < 1.29 is 4.79 Å². The third-order valence-corrected chi connectivity index (χ3v) is 7.83. The number of hydrogen-bond donors (Lipinski definition) is 0. The van der Waals surface area contributed by atoms with Gasteiger partial charge in [-0.2, -0.15) is 0 Å².